The second-order valence-electron chi connectivity index (χ2n) is 30.4. The van der Waals surface area contributed by atoms with Gasteiger partial charge in [0.2, 0.25) is 0 Å². The number of pyridine rings is 4. The molecule has 0 aliphatic carbocycles. The second kappa shape index (κ2) is 38.2. The SMILES string of the molecule is COc1ccc([P+](Cc2ccc(C[n+]3ccc(-c4cc[n+](Cc5ccc(C[n+]6ccc(-c7cc[n+](Cc8ccc(C[P+](c9ccc(OC)cc9)(c9ccc(OC)cc9)c9ccc(OC)cc9)cc8)cc7)cc6)cc5)cc4)cc3)cc2)(c2ccc(OC)cc2)c2ccc(OC)cc2)cc1.F[P-](F)(F)(F)(F)F.F[P-](F)(F)(F)(F)F.F[P-](F)(F)(F)(F)F.F[P-](F)(F)(F)(F)F.F[P-](F)(F)(F)(F)F.F[P-](F)(F)(F)(F)F. The predicted molar refractivity (Wildman–Crippen MR) is 479 cm³/mol. The Kier molecular flexibility index (Phi) is 31.7. The summed E-state index contributed by atoms with van der Waals surface area (Å²) in [4.78, 5) is 0. The molecule has 4 aromatic heterocycles. The van der Waals surface area contributed by atoms with Crippen LogP contribution in [0.1, 0.15) is 33.4 Å². The summed E-state index contributed by atoms with van der Waals surface area (Å²) in [5, 5.41) is 7.65. The van der Waals surface area contributed by atoms with Crippen molar-refractivity contribution in [3.63, 3.8) is 0 Å². The third-order valence-electron chi connectivity index (χ3n) is 18.7. The molecule has 0 bridgehead atoms. The molecule has 0 aliphatic heterocycles. The normalized spacial score (nSPS) is 14.9. The fourth-order valence-electron chi connectivity index (χ4n) is 13.1. The second-order valence-corrected chi connectivity index (χ2v) is 48.8. The van der Waals surface area contributed by atoms with Gasteiger partial charge >= 0.3 is 198 Å². The van der Waals surface area contributed by atoms with Crippen LogP contribution in [-0.4, -0.2) is 42.7 Å². The molecule has 774 valence electrons. The van der Waals surface area contributed by atoms with Crippen LogP contribution in [0.25, 0.3) is 22.3 Å². The van der Waals surface area contributed by atoms with Crippen molar-refractivity contribution in [2.45, 2.75) is 38.5 Å². The molecule has 140 heavy (non-hydrogen) atoms. The molecular weight excluding hydrogens is 2120 g/mol. The van der Waals surface area contributed by atoms with Gasteiger partial charge in [-0.1, -0.05) is 72.8 Å². The number of halogens is 36. The Labute approximate surface area is 775 Å². The van der Waals surface area contributed by atoms with Crippen LogP contribution in [0.3, 0.4) is 0 Å². The van der Waals surface area contributed by atoms with Gasteiger partial charge in [-0.25, -0.2) is 18.3 Å². The van der Waals surface area contributed by atoms with Gasteiger partial charge in [0.25, 0.3) is 0 Å². The van der Waals surface area contributed by atoms with Gasteiger partial charge in [0.05, 0.1) is 55.0 Å². The number of methoxy groups -OCH3 is 6. The number of benzene rings is 9. The Morgan fingerprint density at radius 3 is 0.379 bits per heavy atom. The Morgan fingerprint density at radius 2 is 0.271 bits per heavy atom. The fourth-order valence-corrected chi connectivity index (χ4v) is 21.5. The summed E-state index contributed by atoms with van der Waals surface area (Å²) < 4.78 is 398. The Balaban J connectivity index is 0.000000527. The van der Waals surface area contributed by atoms with Crippen molar-refractivity contribution in [2.75, 3.05) is 42.7 Å². The van der Waals surface area contributed by atoms with Gasteiger partial charge < -0.3 is 28.4 Å². The Bertz CT molecular complexity index is 5500. The van der Waals surface area contributed by atoms with Crippen molar-refractivity contribution < 1.29 is 198 Å². The average molecular weight is 2200 g/mol. The van der Waals surface area contributed by atoms with Crippen LogP contribution in [0.2, 0.25) is 0 Å². The molecule has 0 aliphatic rings. The van der Waals surface area contributed by atoms with E-state index in [9.17, 15) is 151 Å². The molecule has 0 saturated carbocycles. The van der Waals surface area contributed by atoms with Crippen LogP contribution in [0.4, 0.5) is 151 Å². The summed E-state index contributed by atoms with van der Waals surface area (Å²) in [6.45, 7) is 3.11. The molecule has 10 nitrogen and oxygen atoms in total. The molecule has 54 heteroatoms. The van der Waals surface area contributed by atoms with Crippen molar-refractivity contribution in [3.05, 3.63) is 350 Å². The molecule has 0 atom stereocenters. The van der Waals surface area contributed by atoms with Crippen LogP contribution in [0.5, 0.6) is 34.5 Å². The average Bonchev–Trinajstić information content (AvgIpc) is 0.743. The number of ether oxygens (including phenoxy) is 6. The molecule has 0 N–H and O–H groups in total. The first kappa shape index (κ1) is 116. The maximum atomic E-state index is 9.87. The zero-order valence-electron chi connectivity index (χ0n) is 72.7. The van der Waals surface area contributed by atoms with E-state index in [1.54, 1.807) is 42.7 Å². The van der Waals surface area contributed by atoms with Gasteiger partial charge in [0.1, 0.15) is 80.8 Å². The van der Waals surface area contributed by atoms with Crippen molar-refractivity contribution in [1.29, 1.82) is 0 Å². The van der Waals surface area contributed by atoms with Gasteiger partial charge in [-0.15, -0.1) is 0 Å². The molecule has 0 saturated heterocycles. The quantitative estimate of drug-likeness (QED) is 0.0306. The van der Waals surface area contributed by atoms with Gasteiger partial charge in [-0.2, -0.15) is 0 Å². The summed E-state index contributed by atoms with van der Waals surface area (Å²) >= 11 is 0. The summed E-state index contributed by atoms with van der Waals surface area (Å²) in [7, 11) is -58.1. The van der Waals surface area contributed by atoms with Crippen molar-refractivity contribution in [1.82, 2.24) is 0 Å². The van der Waals surface area contributed by atoms with E-state index in [0.717, 1.165) is 73.0 Å². The topological polar surface area (TPSA) is 70.9 Å². The van der Waals surface area contributed by atoms with Crippen molar-refractivity contribution in [3.8, 4) is 56.8 Å². The first-order chi connectivity index (χ1) is 62.8. The maximum absolute atomic E-state index is 10.7. The minimum absolute atomic E-state index is 0.766. The summed E-state index contributed by atoms with van der Waals surface area (Å²) in [6, 6.07) is 96.6. The van der Waals surface area contributed by atoms with E-state index in [4.69, 9.17) is 28.4 Å². The summed E-state index contributed by atoms with van der Waals surface area (Å²) in [6.07, 6.45) is 19.1. The monoisotopic (exact) mass is 2200 g/mol. The summed E-state index contributed by atoms with van der Waals surface area (Å²) in [5.74, 6) is 5.01. The summed E-state index contributed by atoms with van der Waals surface area (Å²) in [5.41, 5.74) is 12.3. The van der Waals surface area contributed by atoms with Crippen LogP contribution < -0.4 is 78.5 Å². The van der Waals surface area contributed by atoms with Gasteiger partial charge in [0, 0.05) is 70.8 Å². The standard InChI is InChI=1S/C86H82N4O6P2.6F6P/c1-91-75-19-31-81(32-20-75)97(82-33-21-76(92-2)22-34-82,83-35-23-77(93-3)24-36-83)63-69-15-11-67(12-16-69)61-89-55-47-73(48-56-89)71-43-51-87(52-44-71)59-65-7-9-66(10-8-65)60-88-53-45-72(46-54-88)74-49-57-90(58-50-74)62-68-13-17-70(18-14-68)64-98(84-37-25-78(94-4)26-38-84,85-39-27-79(95-5)28-40-85)86-41-29-80(96-6)30-42-86;6*1-7(2,3,4,5)6/h7-58H,59-64H2,1-6H3;;;;;;/q+6;6*-1. The van der Waals surface area contributed by atoms with E-state index in [0.29, 0.717) is 0 Å². The minimum atomic E-state index is -10.7. The molecule has 0 spiro atoms. The Morgan fingerprint density at radius 1 is 0.164 bits per heavy atom. The van der Waals surface area contributed by atoms with Crippen LogP contribution in [0.15, 0.2) is 316 Å². The predicted octanol–water partition coefficient (Wildman–Crippen LogP) is 33.7. The van der Waals surface area contributed by atoms with Gasteiger partial charge in [0.15, 0.2) is 75.8 Å². The Hall–Kier alpha value is -10.7. The van der Waals surface area contributed by atoms with E-state index < -0.39 is 61.4 Å². The third kappa shape index (κ3) is 50.1. The first-order valence-electron chi connectivity index (χ1n) is 39.1. The number of rotatable bonds is 26. The van der Waals surface area contributed by atoms with Crippen LogP contribution >= 0.6 is 61.4 Å². The van der Waals surface area contributed by atoms with E-state index >= 15 is 0 Å². The zero-order chi connectivity index (χ0) is 106. The van der Waals surface area contributed by atoms with Crippen LogP contribution in [-0.2, 0) is 38.5 Å². The number of nitrogens with zero attached hydrogens (tertiary/aromatic N) is 4. The third-order valence-corrected chi connectivity index (χ3v) is 27.4. The van der Waals surface area contributed by atoms with E-state index in [1.807, 2.05) is 0 Å². The number of hydrogen-bond acceptors (Lipinski definition) is 6. The first-order valence-corrected chi connectivity index (χ1v) is 55.2. The molecule has 9 aromatic carbocycles. The molecule has 0 fully saturated rings. The molecular formula is C86H82F36N4O6P8. The zero-order valence-corrected chi connectivity index (χ0v) is 79.8. The molecule has 0 amide bonds. The molecule has 4 heterocycles. The number of hydrogen-bond donors (Lipinski definition) is 0. The molecule has 0 radical (unpaired) electrons. The molecule has 13 aromatic rings. The van der Waals surface area contributed by atoms with E-state index in [-0.39, 0.29) is 0 Å². The fraction of sp³-hybridized carbons (Fsp3) is 0.140. The van der Waals surface area contributed by atoms with Gasteiger partial charge in [-0.05, 0) is 179 Å². The van der Waals surface area contributed by atoms with Gasteiger partial charge in [-0.3, -0.25) is 0 Å². The van der Waals surface area contributed by atoms with Crippen molar-refractivity contribution in [2.24, 2.45) is 0 Å². The van der Waals surface area contributed by atoms with E-state index in [2.05, 4.69) is 335 Å². The van der Waals surface area contributed by atoms with Crippen molar-refractivity contribution >= 4 is 93.2 Å². The molecule has 13 rings (SSSR count). The number of aromatic nitrogens is 4. The van der Waals surface area contributed by atoms with E-state index in [1.165, 1.54) is 87.5 Å². The van der Waals surface area contributed by atoms with Crippen LogP contribution in [0, 0.1) is 0 Å². The molecule has 0 unspecified atom stereocenters.